The van der Waals surface area contributed by atoms with Gasteiger partial charge < -0.3 is 5.32 Å². The van der Waals surface area contributed by atoms with E-state index in [1.807, 2.05) is 66.9 Å². The van der Waals surface area contributed by atoms with Crippen molar-refractivity contribution >= 4 is 17.7 Å². The molecule has 168 valence electrons. The van der Waals surface area contributed by atoms with Crippen LogP contribution in [-0.2, 0) is 13.0 Å². The Hall–Kier alpha value is -4.52. The lowest BCUT2D eigenvalue weighted by atomic mass is 10.1. The van der Waals surface area contributed by atoms with E-state index >= 15 is 0 Å². The first-order valence-corrected chi connectivity index (χ1v) is 11.0. The largest absolute Gasteiger partial charge is 0.352 e. The van der Waals surface area contributed by atoms with Crippen LogP contribution < -0.4 is 5.32 Å². The van der Waals surface area contributed by atoms with E-state index in [0.29, 0.717) is 24.1 Å². The average molecular weight is 450 g/mol. The van der Waals surface area contributed by atoms with Gasteiger partial charge in [0.25, 0.3) is 17.7 Å². The number of carbonyl (C=O) groups is 3. The van der Waals surface area contributed by atoms with E-state index < -0.39 is 0 Å². The fourth-order valence-corrected chi connectivity index (χ4v) is 4.00. The number of nitrogens with zero attached hydrogens (tertiary/aromatic N) is 3. The minimum absolute atomic E-state index is 0.202. The Bertz CT molecular complexity index is 1350. The molecule has 4 aromatic rings. The van der Waals surface area contributed by atoms with Crippen LogP contribution in [0.15, 0.2) is 91.3 Å². The third-order valence-electron chi connectivity index (χ3n) is 5.82. The predicted molar refractivity (Wildman–Crippen MR) is 127 cm³/mol. The summed E-state index contributed by atoms with van der Waals surface area (Å²) in [6, 6.07) is 23.8. The first-order chi connectivity index (χ1) is 16.6. The second-order valence-electron chi connectivity index (χ2n) is 8.07. The summed E-state index contributed by atoms with van der Waals surface area (Å²) in [6.07, 6.45) is 4.27. The maximum atomic E-state index is 12.9. The van der Waals surface area contributed by atoms with Crippen molar-refractivity contribution in [3.05, 3.63) is 119 Å². The molecule has 7 heteroatoms. The first kappa shape index (κ1) is 21.3. The summed E-state index contributed by atoms with van der Waals surface area (Å²) in [4.78, 5) is 39.5. The monoisotopic (exact) mass is 450 g/mol. The summed E-state index contributed by atoms with van der Waals surface area (Å²) in [5.41, 5.74) is 3.87. The molecular formula is C27H22N4O3. The number of hydrogen-bond acceptors (Lipinski definition) is 4. The lowest BCUT2D eigenvalue weighted by molar-refractivity contribution is 0.0642. The molecule has 5 rings (SSSR count). The summed E-state index contributed by atoms with van der Waals surface area (Å²) in [5, 5.41) is 7.10. The third kappa shape index (κ3) is 4.23. The Morgan fingerprint density at radius 1 is 0.824 bits per heavy atom. The highest BCUT2D eigenvalue weighted by Crippen LogP contribution is 2.25. The van der Waals surface area contributed by atoms with Gasteiger partial charge in [0, 0.05) is 24.5 Å². The van der Waals surface area contributed by atoms with Gasteiger partial charge in [-0.2, -0.15) is 5.10 Å². The van der Waals surface area contributed by atoms with E-state index in [0.717, 1.165) is 16.8 Å². The maximum Gasteiger partial charge on any atom is 0.261 e. The van der Waals surface area contributed by atoms with Crippen molar-refractivity contribution in [3.63, 3.8) is 0 Å². The molecular weight excluding hydrogens is 428 g/mol. The van der Waals surface area contributed by atoms with Gasteiger partial charge in [0.15, 0.2) is 0 Å². The van der Waals surface area contributed by atoms with Crippen LogP contribution >= 0.6 is 0 Å². The summed E-state index contributed by atoms with van der Waals surface area (Å²) >= 11 is 0. The highest BCUT2D eigenvalue weighted by Gasteiger charge is 2.35. The van der Waals surface area contributed by atoms with Crippen molar-refractivity contribution < 1.29 is 14.4 Å². The second kappa shape index (κ2) is 9.15. The van der Waals surface area contributed by atoms with Crippen LogP contribution in [0, 0.1) is 0 Å². The molecule has 3 amide bonds. The van der Waals surface area contributed by atoms with E-state index in [4.69, 9.17) is 0 Å². The van der Waals surface area contributed by atoms with Crippen LogP contribution in [0.2, 0.25) is 0 Å². The van der Waals surface area contributed by atoms with Crippen LogP contribution in [0.5, 0.6) is 0 Å². The molecule has 0 atom stereocenters. The number of fused-ring (bicyclic) bond motifs is 1. The quantitative estimate of drug-likeness (QED) is 0.436. The highest BCUT2D eigenvalue weighted by atomic mass is 16.2. The van der Waals surface area contributed by atoms with Crippen LogP contribution in [0.3, 0.4) is 0 Å². The van der Waals surface area contributed by atoms with Gasteiger partial charge in [0.1, 0.15) is 0 Å². The van der Waals surface area contributed by atoms with Gasteiger partial charge in [0.05, 0.1) is 23.4 Å². The topological polar surface area (TPSA) is 84.3 Å². The van der Waals surface area contributed by atoms with E-state index in [2.05, 4.69) is 10.4 Å². The van der Waals surface area contributed by atoms with E-state index in [1.54, 1.807) is 23.0 Å². The molecule has 3 aromatic carbocycles. The number of hydrogen-bond donors (Lipinski definition) is 1. The summed E-state index contributed by atoms with van der Waals surface area (Å²) < 4.78 is 1.78. The summed E-state index contributed by atoms with van der Waals surface area (Å²) in [7, 11) is 0. The zero-order valence-corrected chi connectivity index (χ0v) is 18.3. The summed E-state index contributed by atoms with van der Waals surface area (Å²) in [5.74, 6) is -0.997. The van der Waals surface area contributed by atoms with Gasteiger partial charge in [-0.1, -0.05) is 42.5 Å². The number of rotatable bonds is 7. The fourth-order valence-electron chi connectivity index (χ4n) is 4.00. The van der Waals surface area contributed by atoms with Crippen molar-refractivity contribution in [1.29, 1.82) is 0 Å². The van der Waals surface area contributed by atoms with Gasteiger partial charge >= 0.3 is 0 Å². The number of aromatic nitrogens is 2. The Balaban J connectivity index is 1.21. The number of imide groups is 1. The lowest BCUT2D eigenvalue weighted by Gasteiger charge is -2.13. The van der Waals surface area contributed by atoms with Gasteiger partial charge in [-0.15, -0.1) is 0 Å². The maximum absolute atomic E-state index is 12.9. The smallest absolute Gasteiger partial charge is 0.261 e. The molecule has 0 saturated carbocycles. The van der Waals surface area contributed by atoms with E-state index in [9.17, 15) is 14.4 Å². The van der Waals surface area contributed by atoms with Gasteiger partial charge in [-0.05, 0) is 53.9 Å². The minimum atomic E-state index is -0.379. The van der Waals surface area contributed by atoms with Crippen LogP contribution in [0.25, 0.3) is 5.69 Å². The third-order valence-corrected chi connectivity index (χ3v) is 5.82. The van der Waals surface area contributed by atoms with Gasteiger partial charge in [-0.3, -0.25) is 19.3 Å². The Morgan fingerprint density at radius 2 is 1.59 bits per heavy atom. The van der Waals surface area contributed by atoms with Crippen molar-refractivity contribution in [2.45, 2.75) is 13.0 Å². The second-order valence-corrected chi connectivity index (χ2v) is 8.07. The first-order valence-electron chi connectivity index (χ1n) is 11.0. The molecule has 0 aliphatic carbocycles. The van der Waals surface area contributed by atoms with Crippen LogP contribution in [0.1, 0.15) is 42.2 Å². The SMILES string of the molecule is O=C(NCCc1ccc(-n2cccn2)cc1)c1ccc2c(c1)C(=O)N(Cc1ccccc1)C2=O. The lowest BCUT2D eigenvalue weighted by Crippen LogP contribution is -2.29. The van der Waals surface area contributed by atoms with Crippen molar-refractivity contribution in [3.8, 4) is 5.69 Å². The Kier molecular flexibility index (Phi) is 5.74. The number of benzene rings is 3. The van der Waals surface area contributed by atoms with Crippen molar-refractivity contribution in [1.82, 2.24) is 20.0 Å². The molecule has 7 nitrogen and oxygen atoms in total. The molecule has 0 spiro atoms. The Labute approximate surface area is 196 Å². The molecule has 1 N–H and O–H groups in total. The molecule has 0 fully saturated rings. The van der Waals surface area contributed by atoms with Crippen LogP contribution in [0.4, 0.5) is 0 Å². The standard InChI is InChI=1S/C27H22N4O3/c32-25(28-15-13-19-7-10-22(11-8-19)31-16-4-14-29-31)21-9-12-23-24(17-21)27(34)30(26(23)33)18-20-5-2-1-3-6-20/h1-12,14,16-17H,13,15,18H2,(H,28,32). The fraction of sp³-hybridized carbons (Fsp3) is 0.111. The molecule has 0 bridgehead atoms. The molecule has 1 aliphatic heterocycles. The van der Waals surface area contributed by atoms with Gasteiger partial charge in [0.2, 0.25) is 0 Å². The minimum Gasteiger partial charge on any atom is -0.352 e. The zero-order chi connectivity index (χ0) is 23.5. The predicted octanol–water partition coefficient (Wildman–Crippen LogP) is 3.64. The molecule has 34 heavy (non-hydrogen) atoms. The van der Waals surface area contributed by atoms with Crippen molar-refractivity contribution in [2.24, 2.45) is 0 Å². The molecule has 0 unspecified atom stereocenters. The van der Waals surface area contributed by atoms with E-state index in [1.165, 1.54) is 11.0 Å². The number of amides is 3. The highest BCUT2D eigenvalue weighted by molar-refractivity contribution is 6.22. The van der Waals surface area contributed by atoms with Crippen LogP contribution in [-0.4, -0.2) is 38.9 Å². The van der Waals surface area contributed by atoms with Crippen molar-refractivity contribution in [2.75, 3.05) is 6.54 Å². The molecule has 1 aromatic heterocycles. The molecule has 0 radical (unpaired) electrons. The normalized spacial score (nSPS) is 12.6. The van der Waals surface area contributed by atoms with Gasteiger partial charge in [-0.25, -0.2) is 4.68 Å². The Morgan fingerprint density at radius 3 is 2.32 bits per heavy atom. The number of carbonyl (C=O) groups excluding carboxylic acids is 3. The molecule has 1 aliphatic rings. The average Bonchev–Trinajstić information content (AvgIpc) is 3.49. The number of nitrogens with one attached hydrogen (secondary N) is 1. The summed E-state index contributed by atoms with van der Waals surface area (Å²) in [6.45, 7) is 0.651. The zero-order valence-electron chi connectivity index (χ0n) is 18.3. The molecule has 2 heterocycles. The van der Waals surface area contributed by atoms with E-state index in [-0.39, 0.29) is 29.8 Å². The molecule has 0 saturated heterocycles.